The molecule has 1 fully saturated rings. The van der Waals surface area contributed by atoms with Crippen molar-refractivity contribution in [2.75, 3.05) is 6.61 Å². The van der Waals surface area contributed by atoms with Gasteiger partial charge in [-0.2, -0.15) is 13.2 Å². The number of phenols is 1. The lowest BCUT2D eigenvalue weighted by Gasteiger charge is -2.23. The average molecular weight is 407 g/mol. The molecule has 154 valence electrons. The third-order valence-electron chi connectivity index (χ3n) is 4.84. The summed E-state index contributed by atoms with van der Waals surface area (Å²) in [7, 11) is 0. The first kappa shape index (κ1) is 20.7. The summed E-state index contributed by atoms with van der Waals surface area (Å²) in [6.07, 6.45) is -5.02. The molecular weight excluding hydrogens is 387 g/mol. The number of imide groups is 1. The van der Waals surface area contributed by atoms with Crippen LogP contribution in [0.3, 0.4) is 0 Å². The number of carbonyl (C=O) groups is 2. The zero-order valence-electron chi connectivity index (χ0n) is 15.6. The van der Waals surface area contributed by atoms with E-state index in [1.165, 1.54) is 6.07 Å². The Balaban J connectivity index is 1.74. The zero-order chi connectivity index (χ0) is 21.2. The van der Waals surface area contributed by atoms with Crippen LogP contribution >= 0.6 is 0 Å². The van der Waals surface area contributed by atoms with E-state index >= 15 is 0 Å². The van der Waals surface area contributed by atoms with Crippen LogP contribution in [0.2, 0.25) is 0 Å². The van der Waals surface area contributed by atoms with E-state index in [9.17, 15) is 27.9 Å². The summed E-state index contributed by atoms with van der Waals surface area (Å²) in [5.74, 6) is -2.12. The smallest absolute Gasteiger partial charge is 0.419 e. The van der Waals surface area contributed by atoms with Gasteiger partial charge in [-0.25, -0.2) is 9.69 Å². The van der Waals surface area contributed by atoms with Crippen LogP contribution in [0.25, 0.3) is 0 Å². The molecule has 0 spiro atoms. The van der Waals surface area contributed by atoms with Crippen LogP contribution in [0.15, 0.2) is 48.5 Å². The first-order chi connectivity index (χ1) is 13.7. The molecule has 2 aromatic rings. The van der Waals surface area contributed by atoms with Gasteiger partial charge in [0.2, 0.25) is 5.91 Å². The van der Waals surface area contributed by atoms with Gasteiger partial charge >= 0.3 is 12.3 Å². The normalized spacial score (nSPS) is 17.9. The number of phenolic OH excluding ortho intramolecular Hbond substituents is 1. The van der Waals surface area contributed by atoms with Gasteiger partial charge in [-0.1, -0.05) is 43.3 Å². The molecule has 1 N–H and O–H groups in total. The standard InChI is InChI=1S/C21H20F3NO4/c1-13(9-15-7-8-18(26)17(11-15)21(22,23)24)19(27)25-16(12-29-20(25)28)10-14-5-3-2-4-6-14/h2-8,11,13,16,26H,9-10,12H2,1H3/t13-,16?/m0/s1. The van der Waals surface area contributed by atoms with Gasteiger partial charge < -0.3 is 9.84 Å². The van der Waals surface area contributed by atoms with Crippen LogP contribution in [-0.4, -0.2) is 34.7 Å². The van der Waals surface area contributed by atoms with Crippen LogP contribution < -0.4 is 0 Å². The second kappa shape index (κ2) is 8.14. The van der Waals surface area contributed by atoms with Crippen molar-refractivity contribution in [3.8, 4) is 5.75 Å². The molecule has 8 heteroatoms. The molecule has 5 nitrogen and oxygen atoms in total. The molecule has 0 aromatic heterocycles. The Hall–Kier alpha value is -3.03. The quantitative estimate of drug-likeness (QED) is 0.808. The maximum Gasteiger partial charge on any atom is 0.419 e. The predicted molar refractivity (Wildman–Crippen MR) is 98.1 cm³/mol. The van der Waals surface area contributed by atoms with E-state index in [4.69, 9.17) is 4.74 Å². The summed E-state index contributed by atoms with van der Waals surface area (Å²) >= 11 is 0. The number of halogens is 3. The maximum absolute atomic E-state index is 13.0. The van der Waals surface area contributed by atoms with Crippen LogP contribution in [0.4, 0.5) is 18.0 Å². The van der Waals surface area contributed by atoms with Gasteiger partial charge in [-0.05, 0) is 36.1 Å². The summed E-state index contributed by atoms with van der Waals surface area (Å²) in [6, 6.07) is 12.0. The van der Waals surface area contributed by atoms with E-state index in [0.717, 1.165) is 22.6 Å². The fourth-order valence-electron chi connectivity index (χ4n) is 3.38. The summed E-state index contributed by atoms with van der Waals surface area (Å²) in [6.45, 7) is 1.62. The molecule has 1 unspecified atom stereocenters. The summed E-state index contributed by atoms with van der Waals surface area (Å²) in [5, 5.41) is 9.44. The zero-order valence-corrected chi connectivity index (χ0v) is 15.6. The van der Waals surface area contributed by atoms with Gasteiger partial charge in [0.25, 0.3) is 0 Å². The van der Waals surface area contributed by atoms with Crippen molar-refractivity contribution < 1.29 is 32.6 Å². The molecule has 1 heterocycles. The molecular formula is C21H20F3NO4. The molecule has 0 saturated carbocycles. The molecule has 3 rings (SSSR count). The minimum atomic E-state index is -4.70. The van der Waals surface area contributed by atoms with Crippen molar-refractivity contribution in [1.82, 2.24) is 4.90 Å². The van der Waals surface area contributed by atoms with Gasteiger partial charge in [0.05, 0.1) is 11.6 Å². The second-order valence-electron chi connectivity index (χ2n) is 7.08. The highest BCUT2D eigenvalue weighted by molar-refractivity contribution is 5.94. The van der Waals surface area contributed by atoms with Gasteiger partial charge in [0.15, 0.2) is 0 Å². The number of hydrogen-bond acceptors (Lipinski definition) is 4. The third kappa shape index (κ3) is 4.70. The highest BCUT2D eigenvalue weighted by Crippen LogP contribution is 2.36. The Kier molecular flexibility index (Phi) is 5.81. The fraction of sp³-hybridized carbons (Fsp3) is 0.333. The first-order valence-electron chi connectivity index (χ1n) is 9.09. The van der Waals surface area contributed by atoms with Crippen molar-refractivity contribution in [2.45, 2.75) is 32.0 Å². The number of cyclic esters (lactones) is 1. The molecule has 0 radical (unpaired) electrons. The highest BCUT2D eigenvalue weighted by Gasteiger charge is 2.40. The molecule has 2 atom stereocenters. The third-order valence-corrected chi connectivity index (χ3v) is 4.84. The minimum Gasteiger partial charge on any atom is -0.507 e. The molecule has 1 aliphatic rings. The lowest BCUT2D eigenvalue weighted by molar-refractivity contribution is -0.138. The number of alkyl halides is 3. The maximum atomic E-state index is 13.0. The van der Waals surface area contributed by atoms with Crippen molar-refractivity contribution in [3.63, 3.8) is 0 Å². The van der Waals surface area contributed by atoms with Crippen LogP contribution in [0, 0.1) is 5.92 Å². The van der Waals surface area contributed by atoms with E-state index in [2.05, 4.69) is 0 Å². The molecule has 0 aliphatic carbocycles. The number of ether oxygens (including phenoxy) is 1. The Labute approximate surface area is 165 Å². The number of hydrogen-bond donors (Lipinski definition) is 1. The van der Waals surface area contributed by atoms with Crippen molar-refractivity contribution in [2.24, 2.45) is 5.92 Å². The Morgan fingerprint density at radius 3 is 2.55 bits per heavy atom. The van der Waals surface area contributed by atoms with Gasteiger partial charge in [0, 0.05) is 5.92 Å². The number of aromatic hydroxyl groups is 1. The van der Waals surface area contributed by atoms with Crippen molar-refractivity contribution >= 4 is 12.0 Å². The number of rotatable bonds is 5. The summed E-state index contributed by atoms with van der Waals surface area (Å²) < 4.78 is 44.0. The fourth-order valence-corrected chi connectivity index (χ4v) is 3.38. The SMILES string of the molecule is C[C@@H](Cc1ccc(O)c(C(F)(F)F)c1)C(=O)N1C(=O)OCC1Cc1ccccc1. The number of nitrogens with zero attached hydrogens (tertiary/aromatic N) is 1. The van der Waals surface area contributed by atoms with Crippen LogP contribution in [-0.2, 0) is 28.5 Å². The van der Waals surface area contributed by atoms with Gasteiger partial charge in [0.1, 0.15) is 12.4 Å². The van der Waals surface area contributed by atoms with Gasteiger partial charge in [-0.15, -0.1) is 0 Å². The Morgan fingerprint density at radius 1 is 1.21 bits per heavy atom. The summed E-state index contributed by atoms with van der Waals surface area (Å²) in [4.78, 5) is 26.0. The monoisotopic (exact) mass is 407 g/mol. The van der Waals surface area contributed by atoms with Crippen LogP contribution in [0.1, 0.15) is 23.6 Å². The molecule has 1 saturated heterocycles. The first-order valence-corrected chi connectivity index (χ1v) is 9.09. The average Bonchev–Trinajstić information content (AvgIpc) is 3.02. The largest absolute Gasteiger partial charge is 0.507 e. The topological polar surface area (TPSA) is 66.8 Å². The number of carbonyl (C=O) groups excluding carboxylic acids is 2. The summed E-state index contributed by atoms with van der Waals surface area (Å²) in [5.41, 5.74) is 0.0231. The lowest BCUT2D eigenvalue weighted by atomic mass is 9.96. The second-order valence-corrected chi connectivity index (χ2v) is 7.08. The molecule has 2 amide bonds. The van der Waals surface area contributed by atoms with E-state index in [-0.39, 0.29) is 18.6 Å². The molecule has 29 heavy (non-hydrogen) atoms. The van der Waals surface area contributed by atoms with E-state index < -0.39 is 41.4 Å². The Morgan fingerprint density at radius 2 is 1.90 bits per heavy atom. The van der Waals surface area contributed by atoms with Crippen molar-refractivity contribution in [1.29, 1.82) is 0 Å². The van der Waals surface area contributed by atoms with Crippen molar-refractivity contribution in [3.05, 3.63) is 65.2 Å². The molecule has 1 aliphatic heterocycles. The van der Waals surface area contributed by atoms with E-state index in [1.54, 1.807) is 6.92 Å². The van der Waals surface area contributed by atoms with Gasteiger partial charge in [-0.3, -0.25) is 4.79 Å². The molecule has 2 aromatic carbocycles. The van der Waals surface area contributed by atoms with E-state index in [1.807, 2.05) is 30.3 Å². The number of amides is 2. The number of benzene rings is 2. The predicted octanol–water partition coefficient (Wildman–Crippen LogP) is 4.18. The van der Waals surface area contributed by atoms with E-state index in [0.29, 0.717) is 6.42 Å². The lowest BCUT2D eigenvalue weighted by Crippen LogP contribution is -2.43. The molecule has 0 bridgehead atoms. The minimum absolute atomic E-state index is 0.00989. The Bertz CT molecular complexity index is 899. The van der Waals surface area contributed by atoms with Crippen LogP contribution in [0.5, 0.6) is 5.75 Å². The highest BCUT2D eigenvalue weighted by atomic mass is 19.4.